The fourth-order valence-electron chi connectivity index (χ4n) is 7.07. The van der Waals surface area contributed by atoms with Crippen molar-refractivity contribution in [3.8, 4) is 0 Å². The van der Waals surface area contributed by atoms with Gasteiger partial charge in [-0.2, -0.15) is 12.6 Å². The van der Waals surface area contributed by atoms with Crippen molar-refractivity contribution in [3.05, 3.63) is 63.5 Å². The minimum absolute atomic E-state index is 0.00827. The molecule has 0 spiro atoms. The van der Waals surface area contributed by atoms with E-state index in [9.17, 15) is 29.7 Å². The lowest BCUT2D eigenvalue weighted by Gasteiger charge is -2.24. The van der Waals surface area contributed by atoms with Crippen LogP contribution >= 0.6 is 12.6 Å². The molecule has 13 heteroatoms. The number of thiol groups is 1. The summed E-state index contributed by atoms with van der Waals surface area (Å²) in [5.41, 5.74) is 11.7. The molecule has 10 N–H and O–H groups in total. The zero-order chi connectivity index (χ0) is 34.2. The molecule has 250 valence electrons. The van der Waals surface area contributed by atoms with Crippen LogP contribution in [-0.2, 0) is 20.8 Å². The zero-order valence-corrected chi connectivity index (χ0v) is 27.8. The number of aromatic nitrogens is 1. The van der Waals surface area contributed by atoms with Gasteiger partial charge in [-0.1, -0.05) is 33.4 Å². The molecule has 1 aromatic rings. The highest BCUT2D eigenvalue weighted by Crippen LogP contribution is 2.37. The lowest BCUT2D eigenvalue weighted by Crippen LogP contribution is -2.40. The quantitative estimate of drug-likeness (QED) is 0.112. The van der Waals surface area contributed by atoms with Crippen LogP contribution < -0.4 is 21.7 Å². The van der Waals surface area contributed by atoms with Crippen molar-refractivity contribution in [1.82, 2.24) is 20.9 Å². The Kier molecular flexibility index (Phi) is 10.5. The third kappa shape index (κ3) is 6.75. The van der Waals surface area contributed by atoms with Crippen LogP contribution in [0.15, 0.2) is 41.0 Å². The molecule has 0 aliphatic carbocycles. The Labute approximate surface area is 274 Å². The minimum Gasteiger partial charge on any atom is -0.495 e. The van der Waals surface area contributed by atoms with Crippen molar-refractivity contribution in [2.24, 2.45) is 23.5 Å². The maximum Gasteiger partial charge on any atom is 0.320 e. The van der Waals surface area contributed by atoms with Gasteiger partial charge in [0.2, 0.25) is 5.91 Å². The molecule has 4 rings (SSSR count). The molecule has 1 saturated heterocycles. The molecule has 1 aromatic heterocycles. The molecule has 0 aromatic carbocycles. The summed E-state index contributed by atoms with van der Waals surface area (Å²) in [7, 11) is 0. The van der Waals surface area contributed by atoms with E-state index in [2.05, 4.69) is 40.1 Å². The van der Waals surface area contributed by atoms with Crippen LogP contribution in [0.2, 0.25) is 0 Å². The SMILES string of the molecule is C=CC1=C(O)N[C@H](CC2N/C(=C\c3[nH]c(C(=N)C4NC(=O)[C@H](C)[C@H]4C(C)S)c(C)c3CC(N)C(=O)O)C(CCC(=O)O)=C2C)C1C. The van der Waals surface area contributed by atoms with Crippen LogP contribution in [0.3, 0.4) is 0 Å². The van der Waals surface area contributed by atoms with Gasteiger partial charge in [0.1, 0.15) is 6.04 Å². The molecule has 1 fully saturated rings. The second-order valence-corrected chi connectivity index (χ2v) is 13.6. The van der Waals surface area contributed by atoms with Crippen LogP contribution in [0, 0.1) is 30.1 Å². The molecule has 3 aliphatic heterocycles. The number of aliphatic carboxylic acids is 2. The van der Waals surface area contributed by atoms with E-state index in [1.165, 1.54) is 0 Å². The Morgan fingerprint density at radius 2 is 1.83 bits per heavy atom. The Morgan fingerprint density at radius 1 is 1.15 bits per heavy atom. The topological polar surface area (TPSA) is 214 Å². The first kappa shape index (κ1) is 34.9. The van der Waals surface area contributed by atoms with E-state index in [-0.39, 0.29) is 71.9 Å². The van der Waals surface area contributed by atoms with Gasteiger partial charge < -0.3 is 47.4 Å². The summed E-state index contributed by atoms with van der Waals surface area (Å²) in [6, 6.07) is -2.05. The number of carbonyl (C=O) groups excluding carboxylic acids is 1. The van der Waals surface area contributed by atoms with Crippen LogP contribution in [0.1, 0.15) is 69.5 Å². The molecule has 46 heavy (non-hydrogen) atoms. The smallest absolute Gasteiger partial charge is 0.320 e. The van der Waals surface area contributed by atoms with Gasteiger partial charge in [-0.15, -0.1) is 0 Å². The number of H-pyrrole nitrogens is 1. The van der Waals surface area contributed by atoms with Crippen LogP contribution in [0.4, 0.5) is 0 Å². The fraction of sp³-hybridized carbons (Fsp3) is 0.515. The molecule has 0 radical (unpaired) electrons. The van der Waals surface area contributed by atoms with Gasteiger partial charge in [-0.3, -0.25) is 14.4 Å². The Balaban J connectivity index is 1.75. The normalized spacial score (nSPS) is 28.2. The van der Waals surface area contributed by atoms with Gasteiger partial charge in [-0.05, 0) is 55.0 Å². The fourth-order valence-corrected chi connectivity index (χ4v) is 7.51. The van der Waals surface area contributed by atoms with E-state index in [1.807, 2.05) is 33.8 Å². The molecular weight excluding hydrogens is 608 g/mol. The highest BCUT2D eigenvalue weighted by molar-refractivity contribution is 7.80. The second-order valence-electron chi connectivity index (χ2n) is 12.8. The van der Waals surface area contributed by atoms with E-state index in [0.29, 0.717) is 34.6 Å². The van der Waals surface area contributed by atoms with Gasteiger partial charge in [0.25, 0.3) is 0 Å². The van der Waals surface area contributed by atoms with Crippen molar-refractivity contribution in [2.75, 3.05) is 0 Å². The van der Waals surface area contributed by atoms with E-state index in [4.69, 9.17) is 11.1 Å². The lowest BCUT2D eigenvalue weighted by atomic mass is 9.85. The van der Waals surface area contributed by atoms with Gasteiger partial charge >= 0.3 is 11.9 Å². The second kappa shape index (κ2) is 13.8. The molecule has 0 bridgehead atoms. The van der Waals surface area contributed by atoms with Crippen molar-refractivity contribution < 1.29 is 29.7 Å². The number of aromatic amines is 1. The van der Waals surface area contributed by atoms with Gasteiger partial charge in [0.05, 0.1) is 17.4 Å². The summed E-state index contributed by atoms with van der Waals surface area (Å²) in [4.78, 5) is 39.4. The lowest BCUT2D eigenvalue weighted by molar-refractivity contribution is -0.139. The third-order valence-electron chi connectivity index (χ3n) is 9.89. The first-order chi connectivity index (χ1) is 21.6. The predicted octanol–water partition coefficient (Wildman–Crippen LogP) is 3.16. The monoisotopic (exact) mass is 654 g/mol. The zero-order valence-electron chi connectivity index (χ0n) is 26.9. The molecular formula is C33H46N6O6S. The summed E-state index contributed by atoms with van der Waals surface area (Å²) < 4.78 is 0. The van der Waals surface area contributed by atoms with Gasteiger partial charge in [0, 0.05) is 64.9 Å². The summed E-state index contributed by atoms with van der Waals surface area (Å²) in [6.07, 6.45) is 4.24. The summed E-state index contributed by atoms with van der Waals surface area (Å²) in [6.45, 7) is 13.3. The molecule has 4 heterocycles. The number of amides is 1. The number of nitrogens with one attached hydrogen (secondary N) is 5. The van der Waals surface area contributed by atoms with Gasteiger partial charge in [-0.25, -0.2) is 0 Å². The molecule has 3 aliphatic rings. The number of carboxylic acids is 2. The standard InChI is InChI=1S/C33H46N6O6S/c1-7-18-13(2)23(38-32(18)43)11-22-14(3)19(8-9-26(40)41)24(36-22)12-25-20(10-21(34)33(44)45)15(4)29(37-25)28(35)30-27(17(6)46)16(5)31(42)39-30/h7,12-13,16-17,21-23,27,30,35-38,43,46H,1,8-11,34H2,2-6H3,(H,39,42)(H,40,41)(H,44,45)/b24-12-,35-28?/t13?,16-,17?,21?,22?,23-,27+,30?/m1/s1. The molecule has 12 nitrogen and oxygen atoms in total. The number of nitrogens with two attached hydrogens (primary N) is 1. The van der Waals surface area contributed by atoms with Crippen molar-refractivity contribution in [3.63, 3.8) is 0 Å². The maximum atomic E-state index is 12.6. The first-order valence-electron chi connectivity index (χ1n) is 15.6. The Bertz CT molecular complexity index is 1540. The van der Waals surface area contributed by atoms with Crippen molar-refractivity contribution in [2.45, 2.75) is 89.7 Å². The van der Waals surface area contributed by atoms with E-state index >= 15 is 0 Å². The predicted molar refractivity (Wildman–Crippen MR) is 180 cm³/mol. The van der Waals surface area contributed by atoms with Crippen molar-refractivity contribution >= 4 is 42.3 Å². The third-order valence-corrected chi connectivity index (χ3v) is 10.2. The maximum absolute atomic E-state index is 12.6. The number of aliphatic hydroxyl groups excluding tert-OH is 1. The van der Waals surface area contributed by atoms with E-state index < -0.39 is 24.0 Å². The van der Waals surface area contributed by atoms with Crippen LogP contribution in [0.25, 0.3) is 6.08 Å². The average Bonchev–Trinajstić information content (AvgIpc) is 3.64. The summed E-state index contributed by atoms with van der Waals surface area (Å²) >= 11 is 4.61. The van der Waals surface area contributed by atoms with Gasteiger partial charge in [0.15, 0.2) is 5.88 Å². The Hall–Kier alpha value is -3.97. The number of rotatable bonds is 13. The van der Waals surface area contributed by atoms with Crippen LogP contribution in [0.5, 0.6) is 0 Å². The largest absolute Gasteiger partial charge is 0.495 e. The number of carboxylic acid groups (broad SMARTS) is 2. The van der Waals surface area contributed by atoms with E-state index in [1.54, 1.807) is 13.0 Å². The Morgan fingerprint density at radius 3 is 2.39 bits per heavy atom. The first-order valence-corrected chi connectivity index (χ1v) is 16.1. The number of hydrogen-bond acceptors (Lipinski definition) is 9. The summed E-state index contributed by atoms with van der Waals surface area (Å²) in [5, 5.41) is 48.1. The van der Waals surface area contributed by atoms with Crippen molar-refractivity contribution in [1.29, 1.82) is 5.41 Å². The molecule has 8 atom stereocenters. The highest BCUT2D eigenvalue weighted by Gasteiger charge is 2.44. The van der Waals surface area contributed by atoms with E-state index in [0.717, 1.165) is 16.7 Å². The number of aliphatic hydroxyl groups is 1. The molecule has 5 unspecified atom stereocenters. The minimum atomic E-state index is -1.20. The average molecular weight is 655 g/mol. The number of carbonyl (C=O) groups is 3. The van der Waals surface area contributed by atoms with Crippen LogP contribution in [-0.4, -0.2) is 73.3 Å². The summed E-state index contributed by atoms with van der Waals surface area (Å²) in [5.74, 6) is -2.70. The molecule has 0 saturated carbocycles. The number of hydrogen-bond donors (Lipinski definition) is 10. The number of allylic oxidation sites excluding steroid dienone is 2. The highest BCUT2D eigenvalue weighted by atomic mass is 32.1. The molecule has 1 amide bonds.